The smallest absolute Gasteiger partial charge is 0.253 e. The van der Waals surface area contributed by atoms with Crippen LogP contribution in [0.2, 0.25) is 0 Å². The Morgan fingerprint density at radius 1 is 1.30 bits per heavy atom. The molecule has 0 heterocycles. The minimum Gasteiger partial charge on any atom is -0.408 e. The van der Waals surface area contributed by atoms with Gasteiger partial charge < -0.3 is 10.9 Å². The standard InChI is InChI=1S/C15H18N4O/c1-4-9-12(5-2)14(13-10-7-6-8-11-13)17-19(3)15(16)18-20/h4-11,20H,1-2H2,3H3,(H2,16,18)/b12-9+,17-14-. The van der Waals surface area contributed by atoms with Gasteiger partial charge in [-0.3, -0.25) is 0 Å². The summed E-state index contributed by atoms with van der Waals surface area (Å²) in [6.45, 7) is 7.45. The molecule has 0 atom stereocenters. The molecule has 0 fully saturated rings. The van der Waals surface area contributed by atoms with Gasteiger partial charge in [0.15, 0.2) is 0 Å². The van der Waals surface area contributed by atoms with Gasteiger partial charge in [-0.2, -0.15) is 5.10 Å². The van der Waals surface area contributed by atoms with Crippen molar-refractivity contribution >= 4 is 11.7 Å². The van der Waals surface area contributed by atoms with Gasteiger partial charge in [0.05, 0.1) is 5.71 Å². The van der Waals surface area contributed by atoms with E-state index in [0.717, 1.165) is 11.1 Å². The zero-order valence-electron chi connectivity index (χ0n) is 11.4. The zero-order valence-corrected chi connectivity index (χ0v) is 11.4. The van der Waals surface area contributed by atoms with Crippen molar-refractivity contribution in [3.63, 3.8) is 0 Å². The summed E-state index contributed by atoms with van der Waals surface area (Å²) in [5.74, 6) is -0.111. The van der Waals surface area contributed by atoms with E-state index in [4.69, 9.17) is 10.9 Å². The molecule has 0 amide bonds. The van der Waals surface area contributed by atoms with Crippen molar-refractivity contribution in [1.29, 1.82) is 0 Å². The molecule has 5 nitrogen and oxygen atoms in total. The summed E-state index contributed by atoms with van der Waals surface area (Å²) in [6.07, 6.45) is 5.12. The summed E-state index contributed by atoms with van der Waals surface area (Å²) in [6, 6.07) is 9.56. The lowest BCUT2D eigenvalue weighted by Crippen LogP contribution is -2.31. The second-order valence-electron chi connectivity index (χ2n) is 3.86. The second kappa shape index (κ2) is 7.58. The lowest BCUT2D eigenvalue weighted by Gasteiger charge is -2.14. The lowest BCUT2D eigenvalue weighted by molar-refractivity contribution is 0.306. The Bertz CT molecular complexity index is 558. The summed E-state index contributed by atoms with van der Waals surface area (Å²) in [4.78, 5) is 0. The third-order valence-electron chi connectivity index (χ3n) is 2.52. The number of hydrogen-bond donors (Lipinski definition) is 2. The topological polar surface area (TPSA) is 74.2 Å². The number of hydrazone groups is 1. The minimum absolute atomic E-state index is 0.111. The summed E-state index contributed by atoms with van der Waals surface area (Å²) >= 11 is 0. The van der Waals surface area contributed by atoms with Crippen LogP contribution in [-0.2, 0) is 0 Å². The first kappa shape index (κ1) is 15.2. The first-order valence-corrected chi connectivity index (χ1v) is 5.94. The molecule has 0 aromatic heterocycles. The van der Waals surface area contributed by atoms with E-state index < -0.39 is 0 Å². The molecule has 3 N–H and O–H groups in total. The Morgan fingerprint density at radius 3 is 2.45 bits per heavy atom. The molecule has 0 saturated heterocycles. The third-order valence-corrected chi connectivity index (χ3v) is 2.52. The fraction of sp³-hybridized carbons (Fsp3) is 0.0667. The first-order chi connectivity index (χ1) is 9.63. The molecule has 1 rings (SSSR count). The summed E-state index contributed by atoms with van der Waals surface area (Å²) in [7, 11) is 1.59. The normalized spacial score (nSPS) is 12.9. The molecular formula is C15H18N4O. The highest BCUT2D eigenvalue weighted by atomic mass is 16.4. The largest absolute Gasteiger partial charge is 0.408 e. The molecule has 104 valence electrons. The van der Waals surface area contributed by atoms with E-state index in [1.807, 2.05) is 30.3 Å². The summed E-state index contributed by atoms with van der Waals surface area (Å²) in [5.41, 5.74) is 7.83. The first-order valence-electron chi connectivity index (χ1n) is 5.94. The van der Waals surface area contributed by atoms with E-state index in [0.29, 0.717) is 5.71 Å². The molecule has 20 heavy (non-hydrogen) atoms. The molecule has 0 aliphatic heterocycles. The predicted octanol–water partition coefficient (Wildman–Crippen LogP) is 2.32. The lowest BCUT2D eigenvalue weighted by atomic mass is 10.0. The van der Waals surface area contributed by atoms with Crippen LogP contribution in [0.25, 0.3) is 0 Å². The van der Waals surface area contributed by atoms with Gasteiger partial charge >= 0.3 is 0 Å². The van der Waals surface area contributed by atoms with Crippen LogP contribution in [0, 0.1) is 0 Å². The molecule has 0 spiro atoms. The quantitative estimate of drug-likeness (QED) is 0.283. The van der Waals surface area contributed by atoms with E-state index >= 15 is 0 Å². The van der Waals surface area contributed by atoms with Crippen molar-refractivity contribution in [3.05, 3.63) is 72.9 Å². The van der Waals surface area contributed by atoms with E-state index in [2.05, 4.69) is 23.4 Å². The number of guanidine groups is 1. The van der Waals surface area contributed by atoms with Gasteiger partial charge in [0.2, 0.25) is 0 Å². The van der Waals surface area contributed by atoms with Gasteiger partial charge in [-0.15, -0.1) is 0 Å². The summed E-state index contributed by atoms with van der Waals surface area (Å²) in [5, 5.41) is 17.2. The highest BCUT2D eigenvalue weighted by molar-refractivity contribution is 6.14. The van der Waals surface area contributed by atoms with Crippen LogP contribution >= 0.6 is 0 Å². The average molecular weight is 270 g/mol. The Balaban J connectivity index is 3.35. The monoisotopic (exact) mass is 270 g/mol. The number of nitrogens with two attached hydrogens (primary N) is 1. The molecule has 0 aliphatic carbocycles. The van der Waals surface area contributed by atoms with Crippen molar-refractivity contribution in [2.75, 3.05) is 7.05 Å². The van der Waals surface area contributed by atoms with Gasteiger partial charge in [-0.25, -0.2) is 5.01 Å². The van der Waals surface area contributed by atoms with Gasteiger partial charge in [0.25, 0.3) is 5.96 Å². The molecule has 0 radical (unpaired) electrons. The van der Waals surface area contributed by atoms with Crippen molar-refractivity contribution in [3.8, 4) is 0 Å². The van der Waals surface area contributed by atoms with Crippen LogP contribution in [0.1, 0.15) is 5.56 Å². The molecule has 0 aliphatic rings. The molecule has 0 saturated carbocycles. The fourth-order valence-corrected chi connectivity index (χ4v) is 1.51. The van der Waals surface area contributed by atoms with Gasteiger partial charge in [-0.1, -0.05) is 61.7 Å². The number of allylic oxidation sites excluding steroid dienone is 4. The number of benzene rings is 1. The van der Waals surface area contributed by atoms with Gasteiger partial charge in [0, 0.05) is 18.2 Å². The van der Waals surface area contributed by atoms with Crippen LogP contribution in [0.3, 0.4) is 0 Å². The maximum atomic E-state index is 8.69. The van der Waals surface area contributed by atoms with Crippen LogP contribution in [0.15, 0.2) is 77.5 Å². The number of hydrogen-bond acceptors (Lipinski definition) is 3. The number of rotatable bonds is 5. The zero-order chi connectivity index (χ0) is 15.0. The molecule has 0 bridgehead atoms. The second-order valence-corrected chi connectivity index (χ2v) is 3.86. The molecule has 5 heteroatoms. The summed E-state index contributed by atoms with van der Waals surface area (Å²) < 4.78 is 0. The number of nitrogens with zero attached hydrogens (tertiary/aromatic N) is 3. The van der Waals surface area contributed by atoms with E-state index in [1.54, 1.807) is 25.3 Å². The van der Waals surface area contributed by atoms with E-state index in [9.17, 15) is 0 Å². The third kappa shape index (κ3) is 3.84. The minimum atomic E-state index is -0.111. The molecular weight excluding hydrogens is 252 g/mol. The Morgan fingerprint density at radius 2 is 1.95 bits per heavy atom. The Kier molecular flexibility index (Phi) is 5.77. The van der Waals surface area contributed by atoms with Crippen LogP contribution in [0.5, 0.6) is 0 Å². The van der Waals surface area contributed by atoms with Gasteiger partial charge in [0.1, 0.15) is 0 Å². The van der Waals surface area contributed by atoms with E-state index in [-0.39, 0.29) is 5.96 Å². The highest BCUT2D eigenvalue weighted by Gasteiger charge is 2.09. The average Bonchev–Trinajstić information content (AvgIpc) is 2.50. The van der Waals surface area contributed by atoms with Crippen molar-refractivity contribution in [1.82, 2.24) is 5.01 Å². The fourth-order valence-electron chi connectivity index (χ4n) is 1.51. The van der Waals surface area contributed by atoms with Crippen LogP contribution < -0.4 is 5.73 Å². The van der Waals surface area contributed by atoms with Crippen LogP contribution in [-0.4, -0.2) is 28.9 Å². The van der Waals surface area contributed by atoms with Crippen molar-refractivity contribution in [2.45, 2.75) is 0 Å². The maximum Gasteiger partial charge on any atom is 0.253 e. The van der Waals surface area contributed by atoms with Gasteiger partial charge in [-0.05, 0) is 5.16 Å². The van der Waals surface area contributed by atoms with Crippen LogP contribution in [0.4, 0.5) is 0 Å². The predicted molar refractivity (Wildman–Crippen MR) is 82.6 cm³/mol. The SMILES string of the molecule is C=C/C=C(C=C)/C(=N/N(C)/C(N)=N\O)c1ccccc1. The van der Waals surface area contributed by atoms with E-state index in [1.165, 1.54) is 5.01 Å². The Labute approximate surface area is 118 Å². The molecule has 1 aromatic rings. The van der Waals surface area contributed by atoms with Crippen molar-refractivity contribution < 1.29 is 5.21 Å². The maximum absolute atomic E-state index is 8.69. The van der Waals surface area contributed by atoms with Crippen molar-refractivity contribution in [2.24, 2.45) is 16.0 Å². The highest BCUT2D eigenvalue weighted by Crippen LogP contribution is 2.12. The molecule has 1 aromatic carbocycles. The number of oxime groups is 1. The molecule has 0 unspecified atom stereocenters. The Hall–Kier alpha value is -2.82.